The van der Waals surface area contributed by atoms with Gasteiger partial charge in [0.25, 0.3) is 0 Å². The fourth-order valence-corrected chi connectivity index (χ4v) is 4.81. The number of hydrogen-bond acceptors (Lipinski definition) is 4. The summed E-state index contributed by atoms with van der Waals surface area (Å²) in [4.78, 5) is 0.156. The summed E-state index contributed by atoms with van der Waals surface area (Å²) < 4.78 is 52.6. The molecular formula is C14H20N2O4S2. The molecule has 1 aliphatic heterocycles. The van der Waals surface area contributed by atoms with Crippen LogP contribution >= 0.6 is 0 Å². The van der Waals surface area contributed by atoms with Crippen LogP contribution in [0.2, 0.25) is 0 Å². The molecule has 2 rings (SSSR count). The van der Waals surface area contributed by atoms with Crippen molar-refractivity contribution in [3.05, 3.63) is 36.9 Å². The van der Waals surface area contributed by atoms with Crippen molar-refractivity contribution in [3.63, 3.8) is 0 Å². The van der Waals surface area contributed by atoms with E-state index < -0.39 is 20.0 Å². The molecule has 1 heterocycles. The molecule has 1 saturated heterocycles. The molecule has 0 radical (unpaired) electrons. The van der Waals surface area contributed by atoms with Gasteiger partial charge in [-0.3, -0.25) is 0 Å². The van der Waals surface area contributed by atoms with Crippen molar-refractivity contribution in [1.29, 1.82) is 0 Å². The summed E-state index contributed by atoms with van der Waals surface area (Å²) in [7, 11) is -7.18. The SMILES string of the molecule is C=CCNS(=O)(=O)c1ccc(S(=O)(=O)N2CCCCC2)cc1. The van der Waals surface area contributed by atoms with E-state index in [1.165, 1.54) is 34.6 Å². The minimum atomic E-state index is -3.64. The summed E-state index contributed by atoms with van der Waals surface area (Å²) in [5.41, 5.74) is 0. The van der Waals surface area contributed by atoms with E-state index in [0.29, 0.717) is 13.1 Å². The maximum absolute atomic E-state index is 12.5. The molecule has 8 heteroatoms. The lowest BCUT2D eigenvalue weighted by atomic mass is 10.2. The van der Waals surface area contributed by atoms with E-state index in [1.807, 2.05) is 0 Å². The summed E-state index contributed by atoms with van der Waals surface area (Å²) in [6.07, 6.45) is 4.19. The largest absolute Gasteiger partial charge is 0.243 e. The molecule has 0 atom stereocenters. The second-order valence-electron chi connectivity index (χ2n) is 5.08. The van der Waals surface area contributed by atoms with Crippen molar-refractivity contribution in [2.24, 2.45) is 0 Å². The molecule has 1 fully saturated rings. The van der Waals surface area contributed by atoms with Crippen LogP contribution in [0.1, 0.15) is 19.3 Å². The van der Waals surface area contributed by atoms with Crippen molar-refractivity contribution >= 4 is 20.0 Å². The van der Waals surface area contributed by atoms with Crippen molar-refractivity contribution < 1.29 is 16.8 Å². The van der Waals surface area contributed by atoms with Crippen LogP contribution in [-0.4, -0.2) is 40.8 Å². The summed E-state index contributed by atoms with van der Waals surface area (Å²) in [5.74, 6) is 0. The third-order valence-electron chi connectivity index (χ3n) is 3.50. The molecule has 0 unspecified atom stereocenters. The van der Waals surface area contributed by atoms with Gasteiger partial charge in [-0.1, -0.05) is 12.5 Å². The smallest absolute Gasteiger partial charge is 0.207 e. The first-order valence-corrected chi connectivity index (χ1v) is 10.0. The summed E-state index contributed by atoms with van der Waals surface area (Å²) >= 11 is 0. The molecular weight excluding hydrogens is 324 g/mol. The van der Waals surface area contributed by atoms with Gasteiger partial charge in [0.15, 0.2) is 0 Å². The van der Waals surface area contributed by atoms with Gasteiger partial charge in [0.1, 0.15) is 0 Å². The van der Waals surface area contributed by atoms with Gasteiger partial charge in [0.05, 0.1) is 9.79 Å². The van der Waals surface area contributed by atoms with E-state index in [0.717, 1.165) is 19.3 Å². The zero-order valence-corrected chi connectivity index (χ0v) is 13.9. The number of nitrogens with one attached hydrogen (secondary N) is 1. The Morgan fingerprint density at radius 2 is 1.55 bits per heavy atom. The maximum Gasteiger partial charge on any atom is 0.243 e. The molecule has 0 amide bonds. The number of nitrogens with zero attached hydrogens (tertiary/aromatic N) is 1. The van der Waals surface area contributed by atoms with Crippen molar-refractivity contribution in [3.8, 4) is 0 Å². The molecule has 1 aromatic carbocycles. The zero-order chi connectivity index (χ0) is 16.2. The normalized spacial score (nSPS) is 17.3. The molecule has 1 aliphatic rings. The minimum absolute atomic E-state index is 0.0342. The first-order valence-electron chi connectivity index (χ1n) is 7.09. The van der Waals surface area contributed by atoms with Crippen LogP contribution in [-0.2, 0) is 20.0 Å². The summed E-state index contributed by atoms with van der Waals surface area (Å²) in [6.45, 7) is 4.60. The van der Waals surface area contributed by atoms with Gasteiger partial charge in [-0.2, -0.15) is 4.31 Å². The average molecular weight is 344 g/mol. The molecule has 0 bridgehead atoms. The second kappa shape index (κ2) is 6.91. The van der Waals surface area contributed by atoms with E-state index in [2.05, 4.69) is 11.3 Å². The van der Waals surface area contributed by atoms with E-state index >= 15 is 0 Å². The Hall–Kier alpha value is -1.22. The van der Waals surface area contributed by atoms with Crippen LogP contribution in [0.25, 0.3) is 0 Å². The molecule has 22 heavy (non-hydrogen) atoms. The zero-order valence-electron chi connectivity index (χ0n) is 12.2. The molecule has 0 aliphatic carbocycles. The lowest BCUT2D eigenvalue weighted by Crippen LogP contribution is -2.35. The highest BCUT2D eigenvalue weighted by Gasteiger charge is 2.26. The van der Waals surface area contributed by atoms with Crippen LogP contribution in [0.4, 0.5) is 0 Å². The van der Waals surface area contributed by atoms with Crippen LogP contribution in [0.5, 0.6) is 0 Å². The minimum Gasteiger partial charge on any atom is -0.207 e. The number of rotatable bonds is 6. The predicted octanol–water partition coefficient (Wildman–Crippen LogP) is 1.33. The van der Waals surface area contributed by atoms with Gasteiger partial charge in [0, 0.05) is 19.6 Å². The highest BCUT2D eigenvalue weighted by Crippen LogP contribution is 2.21. The van der Waals surface area contributed by atoms with Crippen molar-refractivity contribution in [1.82, 2.24) is 9.03 Å². The number of benzene rings is 1. The fourth-order valence-electron chi connectivity index (χ4n) is 2.30. The predicted molar refractivity (Wildman–Crippen MR) is 84.4 cm³/mol. The molecule has 122 valence electrons. The van der Waals surface area contributed by atoms with Crippen LogP contribution in [0, 0.1) is 0 Å². The molecule has 6 nitrogen and oxygen atoms in total. The summed E-state index contributed by atoms with van der Waals surface area (Å²) in [6, 6.07) is 5.29. The number of sulfonamides is 2. The molecule has 0 aromatic heterocycles. The third-order valence-corrected chi connectivity index (χ3v) is 6.86. The first kappa shape index (κ1) is 17.1. The van der Waals surface area contributed by atoms with Crippen molar-refractivity contribution in [2.75, 3.05) is 19.6 Å². The quantitative estimate of drug-likeness (QED) is 0.789. The number of hydrogen-bond donors (Lipinski definition) is 1. The van der Waals surface area contributed by atoms with Gasteiger partial charge in [-0.05, 0) is 37.1 Å². The Labute approximate surface area is 131 Å². The van der Waals surface area contributed by atoms with E-state index in [4.69, 9.17) is 0 Å². The second-order valence-corrected chi connectivity index (χ2v) is 8.78. The number of piperidine rings is 1. The molecule has 0 saturated carbocycles. The van der Waals surface area contributed by atoms with E-state index in [1.54, 1.807) is 0 Å². The maximum atomic E-state index is 12.5. The molecule has 1 N–H and O–H groups in total. The Morgan fingerprint density at radius 3 is 2.09 bits per heavy atom. The Bertz CT molecular complexity index is 719. The highest BCUT2D eigenvalue weighted by molar-refractivity contribution is 7.89. The third kappa shape index (κ3) is 3.75. The Morgan fingerprint density at radius 1 is 1.00 bits per heavy atom. The van der Waals surface area contributed by atoms with Gasteiger partial charge >= 0.3 is 0 Å². The highest BCUT2D eigenvalue weighted by atomic mass is 32.2. The molecule has 1 aromatic rings. The lowest BCUT2D eigenvalue weighted by molar-refractivity contribution is 0.346. The average Bonchev–Trinajstić information content (AvgIpc) is 2.54. The summed E-state index contributed by atoms with van der Waals surface area (Å²) in [5, 5.41) is 0. The standard InChI is InChI=1S/C14H20N2O4S2/c1-2-10-15-21(17,18)13-6-8-14(9-7-13)22(19,20)16-11-4-3-5-12-16/h2,6-9,15H,1,3-5,10-12H2. The fraction of sp³-hybridized carbons (Fsp3) is 0.429. The first-order chi connectivity index (χ1) is 10.4. The lowest BCUT2D eigenvalue weighted by Gasteiger charge is -2.25. The van der Waals surface area contributed by atoms with Crippen LogP contribution in [0.3, 0.4) is 0 Å². The van der Waals surface area contributed by atoms with Crippen LogP contribution < -0.4 is 4.72 Å². The Kier molecular flexibility index (Phi) is 5.38. The monoisotopic (exact) mass is 344 g/mol. The topological polar surface area (TPSA) is 83.5 Å². The van der Waals surface area contributed by atoms with Gasteiger partial charge < -0.3 is 0 Å². The van der Waals surface area contributed by atoms with Crippen molar-refractivity contribution in [2.45, 2.75) is 29.1 Å². The van der Waals surface area contributed by atoms with E-state index in [-0.39, 0.29) is 16.3 Å². The van der Waals surface area contributed by atoms with Crippen LogP contribution in [0.15, 0.2) is 46.7 Å². The Balaban J connectivity index is 2.23. The van der Waals surface area contributed by atoms with Gasteiger partial charge in [-0.15, -0.1) is 6.58 Å². The molecule has 0 spiro atoms. The van der Waals surface area contributed by atoms with Gasteiger partial charge in [-0.25, -0.2) is 21.6 Å². The van der Waals surface area contributed by atoms with Gasteiger partial charge in [0.2, 0.25) is 20.0 Å². The van der Waals surface area contributed by atoms with E-state index in [9.17, 15) is 16.8 Å².